The zero-order valence-corrected chi connectivity index (χ0v) is 12.0. The number of nitrogens with one attached hydrogen (secondary N) is 1. The minimum absolute atomic E-state index is 0.802. The van der Waals surface area contributed by atoms with Crippen molar-refractivity contribution in [1.29, 1.82) is 0 Å². The molecule has 0 bridgehead atoms. The van der Waals surface area contributed by atoms with E-state index in [1.165, 1.54) is 23.5 Å². The van der Waals surface area contributed by atoms with Crippen molar-refractivity contribution in [3.63, 3.8) is 0 Å². The van der Waals surface area contributed by atoms with Gasteiger partial charge in [0.15, 0.2) is 0 Å². The fourth-order valence-corrected chi connectivity index (χ4v) is 3.41. The Morgan fingerprint density at radius 1 is 1.44 bits per heavy atom. The fraction of sp³-hybridized carbons (Fsp3) is 0.600. The van der Waals surface area contributed by atoms with Crippen LogP contribution in [0.25, 0.3) is 0 Å². The lowest BCUT2D eigenvalue weighted by Gasteiger charge is -2.11. The summed E-state index contributed by atoms with van der Waals surface area (Å²) in [6.45, 7) is 5.03. The molecule has 1 N–H and O–H groups in total. The van der Waals surface area contributed by atoms with Gasteiger partial charge in [-0.1, -0.05) is 19.1 Å². The van der Waals surface area contributed by atoms with E-state index in [2.05, 4.69) is 42.2 Å². The summed E-state index contributed by atoms with van der Waals surface area (Å²) in [6.07, 6.45) is 2.43. The normalized spacial score (nSPS) is 19.1. The Kier molecular flexibility index (Phi) is 5.88. The summed E-state index contributed by atoms with van der Waals surface area (Å²) >= 11 is 2.08. The molecule has 0 radical (unpaired) electrons. The van der Waals surface area contributed by atoms with Gasteiger partial charge in [-0.3, -0.25) is 0 Å². The molecule has 0 saturated carbocycles. The van der Waals surface area contributed by atoms with Gasteiger partial charge in [0.25, 0.3) is 0 Å². The van der Waals surface area contributed by atoms with Crippen LogP contribution in [0.15, 0.2) is 24.3 Å². The molecule has 100 valence electrons. The molecule has 3 heteroatoms. The lowest BCUT2D eigenvalue weighted by molar-refractivity contribution is 0.317. The van der Waals surface area contributed by atoms with Crippen molar-refractivity contribution < 1.29 is 4.74 Å². The van der Waals surface area contributed by atoms with Crippen molar-refractivity contribution in [3.8, 4) is 5.75 Å². The molecule has 1 aromatic carbocycles. The second-order valence-electron chi connectivity index (χ2n) is 4.86. The number of ether oxygens (including phenoxy) is 1. The van der Waals surface area contributed by atoms with Crippen LogP contribution in [0.4, 0.5) is 0 Å². The minimum atomic E-state index is 0.802. The Hall–Kier alpha value is -0.670. The summed E-state index contributed by atoms with van der Waals surface area (Å²) in [6, 6.07) is 8.42. The molecule has 2 rings (SSSR count). The molecular formula is C15H23NOS. The van der Waals surface area contributed by atoms with E-state index in [0.29, 0.717) is 0 Å². The minimum Gasteiger partial charge on any atom is -0.494 e. The lowest BCUT2D eigenvalue weighted by atomic mass is 10.1. The summed E-state index contributed by atoms with van der Waals surface area (Å²) in [7, 11) is 0. The van der Waals surface area contributed by atoms with Gasteiger partial charge >= 0.3 is 0 Å². The highest BCUT2D eigenvalue weighted by molar-refractivity contribution is 7.99. The van der Waals surface area contributed by atoms with Crippen LogP contribution in [0.3, 0.4) is 0 Å². The first-order valence-corrected chi connectivity index (χ1v) is 8.04. The van der Waals surface area contributed by atoms with E-state index in [1.807, 2.05) is 6.07 Å². The maximum absolute atomic E-state index is 5.64. The third-order valence-corrected chi connectivity index (χ3v) is 4.39. The summed E-state index contributed by atoms with van der Waals surface area (Å²) in [5.41, 5.74) is 1.31. The van der Waals surface area contributed by atoms with Crippen LogP contribution in [-0.2, 0) is 6.54 Å². The highest BCUT2D eigenvalue weighted by atomic mass is 32.2. The molecule has 1 saturated heterocycles. The van der Waals surface area contributed by atoms with Gasteiger partial charge in [-0.25, -0.2) is 0 Å². The standard InChI is InChI=1S/C15H23NOS/c1-2-7-17-15-5-3-4-13(9-15)10-16-11-14-6-8-18-12-14/h3-5,9,14,16H,2,6-8,10-12H2,1H3. The van der Waals surface area contributed by atoms with Crippen molar-refractivity contribution >= 4 is 11.8 Å². The van der Waals surface area contributed by atoms with Crippen molar-refractivity contribution in [3.05, 3.63) is 29.8 Å². The number of thioether (sulfide) groups is 1. The van der Waals surface area contributed by atoms with E-state index >= 15 is 0 Å². The van der Waals surface area contributed by atoms with Crippen LogP contribution in [0, 0.1) is 5.92 Å². The topological polar surface area (TPSA) is 21.3 Å². The zero-order chi connectivity index (χ0) is 12.6. The lowest BCUT2D eigenvalue weighted by Crippen LogP contribution is -2.22. The molecule has 1 unspecified atom stereocenters. The zero-order valence-electron chi connectivity index (χ0n) is 11.2. The maximum atomic E-state index is 5.64. The van der Waals surface area contributed by atoms with E-state index < -0.39 is 0 Å². The van der Waals surface area contributed by atoms with Crippen LogP contribution < -0.4 is 10.1 Å². The van der Waals surface area contributed by atoms with E-state index in [1.54, 1.807) is 0 Å². The second-order valence-corrected chi connectivity index (χ2v) is 6.01. The highest BCUT2D eigenvalue weighted by Gasteiger charge is 2.14. The molecule has 1 heterocycles. The number of benzene rings is 1. The van der Waals surface area contributed by atoms with Gasteiger partial charge in [-0.15, -0.1) is 0 Å². The first-order valence-electron chi connectivity index (χ1n) is 6.88. The summed E-state index contributed by atoms with van der Waals surface area (Å²) in [5.74, 6) is 4.53. The molecule has 0 aliphatic carbocycles. The van der Waals surface area contributed by atoms with Gasteiger partial charge in [0.2, 0.25) is 0 Å². The molecule has 1 aliphatic rings. The Balaban J connectivity index is 1.74. The predicted octanol–water partition coefficient (Wildman–Crippen LogP) is 3.32. The fourth-order valence-electron chi connectivity index (χ4n) is 2.13. The molecule has 0 spiro atoms. The summed E-state index contributed by atoms with van der Waals surface area (Å²) in [5, 5.41) is 3.56. The Labute approximate surface area is 114 Å². The summed E-state index contributed by atoms with van der Waals surface area (Å²) < 4.78 is 5.64. The van der Waals surface area contributed by atoms with Gasteiger partial charge in [-0.05, 0) is 54.5 Å². The van der Waals surface area contributed by atoms with Crippen LogP contribution in [-0.4, -0.2) is 24.7 Å². The molecule has 1 fully saturated rings. The van der Waals surface area contributed by atoms with Crippen molar-refractivity contribution in [2.45, 2.75) is 26.3 Å². The van der Waals surface area contributed by atoms with E-state index in [-0.39, 0.29) is 0 Å². The molecule has 0 amide bonds. The largest absolute Gasteiger partial charge is 0.494 e. The Morgan fingerprint density at radius 2 is 2.39 bits per heavy atom. The van der Waals surface area contributed by atoms with Crippen molar-refractivity contribution in [1.82, 2.24) is 5.32 Å². The van der Waals surface area contributed by atoms with E-state index in [0.717, 1.165) is 37.8 Å². The van der Waals surface area contributed by atoms with Crippen molar-refractivity contribution in [2.24, 2.45) is 5.92 Å². The van der Waals surface area contributed by atoms with Gasteiger partial charge < -0.3 is 10.1 Å². The summed E-state index contributed by atoms with van der Waals surface area (Å²) in [4.78, 5) is 0. The first-order chi connectivity index (χ1) is 8.88. The van der Waals surface area contributed by atoms with Gasteiger partial charge in [-0.2, -0.15) is 11.8 Å². The van der Waals surface area contributed by atoms with Crippen LogP contribution in [0.1, 0.15) is 25.3 Å². The first kappa shape index (κ1) is 13.8. The third kappa shape index (κ3) is 4.54. The van der Waals surface area contributed by atoms with E-state index in [4.69, 9.17) is 4.74 Å². The average Bonchev–Trinajstić information content (AvgIpc) is 2.90. The van der Waals surface area contributed by atoms with Crippen LogP contribution >= 0.6 is 11.8 Å². The molecule has 1 aromatic rings. The van der Waals surface area contributed by atoms with Crippen LogP contribution in [0.5, 0.6) is 5.75 Å². The number of hydrogen-bond donors (Lipinski definition) is 1. The molecule has 1 atom stereocenters. The smallest absolute Gasteiger partial charge is 0.119 e. The predicted molar refractivity (Wildman–Crippen MR) is 79.4 cm³/mol. The SMILES string of the molecule is CCCOc1cccc(CNCC2CCSC2)c1. The second kappa shape index (κ2) is 7.70. The van der Waals surface area contributed by atoms with Crippen molar-refractivity contribution in [2.75, 3.05) is 24.7 Å². The maximum Gasteiger partial charge on any atom is 0.119 e. The number of rotatable bonds is 7. The average molecular weight is 265 g/mol. The highest BCUT2D eigenvalue weighted by Crippen LogP contribution is 2.22. The molecule has 18 heavy (non-hydrogen) atoms. The molecule has 2 nitrogen and oxygen atoms in total. The molecule has 0 aromatic heterocycles. The Bertz CT molecular complexity index is 350. The monoisotopic (exact) mass is 265 g/mol. The van der Waals surface area contributed by atoms with Gasteiger partial charge in [0.1, 0.15) is 5.75 Å². The number of hydrogen-bond acceptors (Lipinski definition) is 3. The molecule has 1 aliphatic heterocycles. The quantitative estimate of drug-likeness (QED) is 0.817. The van der Waals surface area contributed by atoms with Gasteiger partial charge in [0.05, 0.1) is 6.61 Å². The Morgan fingerprint density at radius 3 is 3.17 bits per heavy atom. The third-order valence-electron chi connectivity index (χ3n) is 3.16. The van der Waals surface area contributed by atoms with E-state index in [9.17, 15) is 0 Å². The van der Waals surface area contributed by atoms with Gasteiger partial charge in [0, 0.05) is 6.54 Å². The molecular weight excluding hydrogens is 242 g/mol. The van der Waals surface area contributed by atoms with Crippen LogP contribution in [0.2, 0.25) is 0 Å².